The minimum Gasteiger partial charge on any atom is -0.465 e. The van der Waals surface area contributed by atoms with Crippen molar-refractivity contribution in [2.45, 2.75) is 6.54 Å². The lowest BCUT2D eigenvalue weighted by atomic mass is 10.2. The summed E-state index contributed by atoms with van der Waals surface area (Å²) in [5.41, 5.74) is 2.35. The predicted molar refractivity (Wildman–Crippen MR) is 98.5 cm³/mol. The van der Waals surface area contributed by atoms with Crippen molar-refractivity contribution in [1.82, 2.24) is 20.3 Å². The monoisotopic (exact) mass is 363 g/mol. The Kier molecular flexibility index (Phi) is 5.68. The van der Waals surface area contributed by atoms with E-state index in [-0.39, 0.29) is 11.6 Å². The van der Waals surface area contributed by atoms with E-state index in [1.54, 1.807) is 36.7 Å². The van der Waals surface area contributed by atoms with E-state index in [9.17, 15) is 9.59 Å². The van der Waals surface area contributed by atoms with Gasteiger partial charge in [0.25, 0.3) is 5.91 Å². The van der Waals surface area contributed by atoms with E-state index in [1.165, 1.54) is 19.5 Å². The van der Waals surface area contributed by atoms with Crippen LogP contribution in [0.25, 0.3) is 0 Å². The highest BCUT2D eigenvalue weighted by molar-refractivity contribution is 5.92. The maximum atomic E-state index is 12.1. The fourth-order valence-corrected chi connectivity index (χ4v) is 2.24. The van der Waals surface area contributed by atoms with E-state index in [2.05, 4.69) is 30.3 Å². The minimum atomic E-state index is -0.400. The topological polar surface area (TPSA) is 106 Å². The van der Waals surface area contributed by atoms with E-state index in [0.29, 0.717) is 17.9 Å². The van der Waals surface area contributed by atoms with E-state index < -0.39 is 5.97 Å². The van der Waals surface area contributed by atoms with Crippen molar-refractivity contribution >= 4 is 23.4 Å². The molecule has 0 spiro atoms. The number of rotatable bonds is 6. The Morgan fingerprint density at radius 3 is 2.37 bits per heavy atom. The van der Waals surface area contributed by atoms with Gasteiger partial charge in [-0.15, -0.1) is 0 Å². The smallest absolute Gasteiger partial charge is 0.337 e. The van der Waals surface area contributed by atoms with Gasteiger partial charge in [-0.2, -0.15) is 0 Å². The third-order valence-corrected chi connectivity index (χ3v) is 3.67. The number of carbonyl (C=O) groups is 2. The number of aromatic nitrogens is 3. The Morgan fingerprint density at radius 1 is 1.00 bits per heavy atom. The van der Waals surface area contributed by atoms with Gasteiger partial charge in [-0.1, -0.05) is 0 Å². The number of nitrogens with one attached hydrogen (secondary N) is 2. The van der Waals surface area contributed by atoms with Crippen LogP contribution < -0.4 is 10.6 Å². The van der Waals surface area contributed by atoms with Crippen LogP contribution in [0.3, 0.4) is 0 Å². The largest absolute Gasteiger partial charge is 0.465 e. The van der Waals surface area contributed by atoms with Crippen LogP contribution in [0.2, 0.25) is 0 Å². The van der Waals surface area contributed by atoms with Crippen molar-refractivity contribution in [2.24, 2.45) is 0 Å². The summed E-state index contributed by atoms with van der Waals surface area (Å²) >= 11 is 0. The van der Waals surface area contributed by atoms with Crippen LogP contribution in [0, 0.1) is 0 Å². The molecule has 0 aliphatic rings. The maximum Gasteiger partial charge on any atom is 0.337 e. The zero-order valence-electron chi connectivity index (χ0n) is 14.5. The fraction of sp³-hybridized carbons (Fsp3) is 0.105. The van der Waals surface area contributed by atoms with E-state index in [4.69, 9.17) is 0 Å². The van der Waals surface area contributed by atoms with E-state index in [0.717, 1.165) is 11.3 Å². The van der Waals surface area contributed by atoms with Crippen molar-refractivity contribution in [1.29, 1.82) is 0 Å². The lowest BCUT2D eigenvalue weighted by Gasteiger charge is -2.07. The SMILES string of the molecule is COC(=O)c1ccc(Nc2cnc(C(=O)NCc3ccncc3)cn2)cc1. The number of ether oxygens (including phenoxy) is 1. The van der Waals surface area contributed by atoms with Crippen LogP contribution in [0.1, 0.15) is 26.4 Å². The third kappa shape index (κ3) is 4.85. The van der Waals surface area contributed by atoms with Crippen molar-refractivity contribution in [3.05, 3.63) is 78.0 Å². The molecule has 0 radical (unpaired) electrons. The van der Waals surface area contributed by atoms with Gasteiger partial charge in [0.15, 0.2) is 0 Å². The molecule has 2 aromatic heterocycles. The summed E-state index contributed by atoms with van der Waals surface area (Å²) in [5, 5.41) is 5.82. The summed E-state index contributed by atoms with van der Waals surface area (Å²) < 4.78 is 4.66. The van der Waals surface area contributed by atoms with Gasteiger partial charge < -0.3 is 15.4 Å². The first-order chi connectivity index (χ1) is 13.2. The number of hydrogen-bond donors (Lipinski definition) is 2. The second kappa shape index (κ2) is 8.52. The summed E-state index contributed by atoms with van der Waals surface area (Å²) in [5.74, 6) is -0.233. The van der Waals surface area contributed by atoms with Crippen molar-refractivity contribution in [2.75, 3.05) is 12.4 Å². The van der Waals surface area contributed by atoms with E-state index in [1.807, 2.05) is 12.1 Å². The lowest BCUT2D eigenvalue weighted by molar-refractivity contribution is 0.0600. The molecule has 0 saturated carbocycles. The Morgan fingerprint density at radius 2 is 1.74 bits per heavy atom. The molecule has 0 aliphatic heterocycles. The maximum absolute atomic E-state index is 12.1. The average molecular weight is 363 g/mol. The van der Waals surface area contributed by atoms with Gasteiger partial charge in [0.1, 0.15) is 11.5 Å². The van der Waals surface area contributed by atoms with Gasteiger partial charge in [0, 0.05) is 24.6 Å². The zero-order valence-corrected chi connectivity index (χ0v) is 14.5. The molecule has 8 heteroatoms. The molecule has 0 bridgehead atoms. The molecule has 2 heterocycles. The molecule has 1 amide bonds. The molecule has 0 aliphatic carbocycles. The molecule has 136 valence electrons. The van der Waals surface area contributed by atoms with Crippen LogP contribution in [-0.2, 0) is 11.3 Å². The number of benzene rings is 1. The molecule has 0 fully saturated rings. The van der Waals surface area contributed by atoms with Crippen molar-refractivity contribution < 1.29 is 14.3 Å². The molecular weight excluding hydrogens is 346 g/mol. The van der Waals surface area contributed by atoms with Gasteiger partial charge in [-0.05, 0) is 42.0 Å². The molecule has 27 heavy (non-hydrogen) atoms. The Labute approximate surface area is 155 Å². The molecule has 2 N–H and O–H groups in total. The number of amides is 1. The van der Waals surface area contributed by atoms with Crippen LogP contribution in [0.4, 0.5) is 11.5 Å². The molecule has 0 unspecified atom stereocenters. The number of hydrogen-bond acceptors (Lipinski definition) is 7. The first-order valence-electron chi connectivity index (χ1n) is 8.10. The predicted octanol–water partition coefficient (Wildman–Crippen LogP) is 2.33. The fourth-order valence-electron chi connectivity index (χ4n) is 2.24. The highest BCUT2D eigenvalue weighted by Gasteiger charge is 2.08. The number of anilines is 2. The Hall–Kier alpha value is -3.81. The van der Waals surface area contributed by atoms with Gasteiger partial charge in [0.05, 0.1) is 25.1 Å². The quantitative estimate of drug-likeness (QED) is 0.647. The van der Waals surface area contributed by atoms with Crippen LogP contribution in [0.5, 0.6) is 0 Å². The number of esters is 1. The second-order valence-electron chi connectivity index (χ2n) is 5.52. The molecule has 0 saturated heterocycles. The molecule has 8 nitrogen and oxygen atoms in total. The van der Waals surface area contributed by atoms with Crippen molar-refractivity contribution in [3.8, 4) is 0 Å². The first-order valence-corrected chi connectivity index (χ1v) is 8.10. The Bertz CT molecular complexity index is 912. The van der Waals surface area contributed by atoms with Crippen LogP contribution >= 0.6 is 0 Å². The zero-order chi connectivity index (χ0) is 19.1. The third-order valence-electron chi connectivity index (χ3n) is 3.67. The molecule has 3 rings (SSSR count). The normalized spacial score (nSPS) is 10.1. The first kappa shape index (κ1) is 18.0. The molecule has 1 aromatic carbocycles. The van der Waals surface area contributed by atoms with Crippen LogP contribution in [-0.4, -0.2) is 33.9 Å². The summed E-state index contributed by atoms with van der Waals surface area (Å²) in [6.07, 6.45) is 6.20. The Balaban J connectivity index is 1.58. The van der Waals surface area contributed by atoms with Gasteiger partial charge >= 0.3 is 5.97 Å². The number of methoxy groups -OCH3 is 1. The highest BCUT2D eigenvalue weighted by atomic mass is 16.5. The average Bonchev–Trinajstić information content (AvgIpc) is 2.73. The molecule has 0 atom stereocenters. The molecular formula is C19H17N5O3. The van der Waals surface area contributed by atoms with Gasteiger partial charge in [0.2, 0.25) is 0 Å². The number of carbonyl (C=O) groups excluding carboxylic acids is 2. The van der Waals surface area contributed by atoms with Crippen molar-refractivity contribution in [3.63, 3.8) is 0 Å². The summed E-state index contributed by atoms with van der Waals surface area (Å²) in [7, 11) is 1.33. The number of nitrogens with zero attached hydrogens (tertiary/aromatic N) is 3. The number of pyridine rings is 1. The van der Waals surface area contributed by atoms with Gasteiger partial charge in [-0.25, -0.2) is 14.8 Å². The summed E-state index contributed by atoms with van der Waals surface area (Å²) in [4.78, 5) is 35.8. The summed E-state index contributed by atoms with van der Waals surface area (Å²) in [6.45, 7) is 0.385. The molecule has 3 aromatic rings. The summed E-state index contributed by atoms with van der Waals surface area (Å²) in [6, 6.07) is 10.4. The van der Waals surface area contributed by atoms with E-state index >= 15 is 0 Å². The van der Waals surface area contributed by atoms with Crippen LogP contribution in [0.15, 0.2) is 61.2 Å². The highest BCUT2D eigenvalue weighted by Crippen LogP contribution is 2.15. The standard InChI is InChI=1S/C19H17N5O3/c1-27-19(26)14-2-4-15(5-3-14)24-17-12-21-16(11-22-17)18(25)23-10-13-6-8-20-9-7-13/h2-9,11-12H,10H2,1H3,(H,22,24)(H,23,25). The lowest BCUT2D eigenvalue weighted by Crippen LogP contribution is -2.24. The minimum absolute atomic E-state index is 0.218. The second-order valence-corrected chi connectivity index (χ2v) is 5.52. The van der Waals surface area contributed by atoms with Gasteiger partial charge in [-0.3, -0.25) is 9.78 Å².